The van der Waals surface area contributed by atoms with Gasteiger partial charge < -0.3 is 9.88 Å². The van der Waals surface area contributed by atoms with E-state index >= 15 is 0 Å². The van der Waals surface area contributed by atoms with Crippen molar-refractivity contribution >= 4 is 0 Å². The third kappa shape index (κ3) is 2.63. The largest absolute Gasteiger partial charge is 0.326 e. The molecule has 1 unspecified atom stereocenters. The molecule has 0 fully saturated rings. The van der Waals surface area contributed by atoms with E-state index in [1.54, 1.807) is 0 Å². The molecule has 0 spiro atoms. The van der Waals surface area contributed by atoms with E-state index in [9.17, 15) is 0 Å². The van der Waals surface area contributed by atoms with Gasteiger partial charge in [-0.05, 0) is 30.4 Å². The number of aryl methyl sites for hydroxylation is 1. The number of hydrogen-bond acceptors (Lipinski definition) is 2. The zero-order valence-corrected chi connectivity index (χ0v) is 12.3. The molecule has 1 aromatic heterocycles. The van der Waals surface area contributed by atoms with Crippen LogP contribution in [-0.2, 0) is 13.0 Å². The Kier molecular flexibility index (Phi) is 3.88. The maximum atomic E-state index is 4.37. The van der Waals surface area contributed by atoms with Gasteiger partial charge in [0.25, 0.3) is 0 Å². The summed E-state index contributed by atoms with van der Waals surface area (Å²) in [6.07, 6.45) is 7.66. The van der Waals surface area contributed by atoms with Crippen LogP contribution in [0.25, 0.3) is 0 Å². The molecule has 20 heavy (non-hydrogen) atoms. The number of aromatic nitrogens is 2. The van der Waals surface area contributed by atoms with Gasteiger partial charge in [0.1, 0.15) is 0 Å². The highest BCUT2D eigenvalue weighted by Crippen LogP contribution is 2.33. The predicted octanol–water partition coefficient (Wildman–Crippen LogP) is 3.31. The van der Waals surface area contributed by atoms with Gasteiger partial charge in [-0.3, -0.25) is 0 Å². The van der Waals surface area contributed by atoms with Crippen molar-refractivity contribution in [2.75, 3.05) is 0 Å². The fourth-order valence-electron chi connectivity index (χ4n) is 3.08. The standard InChI is InChI=1S/C17H23N3/c1-13(2)19-11-15-10-18-12-20(15)17-9-5-7-14-6-3-4-8-16(14)17/h3-4,6,8,10,12-13,17,19H,5,7,9,11H2,1-2H3. The van der Waals surface area contributed by atoms with Gasteiger partial charge in [-0.2, -0.15) is 0 Å². The Labute approximate surface area is 121 Å². The second-order valence-electron chi connectivity index (χ2n) is 5.93. The van der Waals surface area contributed by atoms with Crippen LogP contribution in [0.1, 0.15) is 49.6 Å². The molecule has 0 radical (unpaired) electrons. The quantitative estimate of drug-likeness (QED) is 0.923. The molecule has 1 atom stereocenters. The molecule has 1 aliphatic rings. The first-order valence-corrected chi connectivity index (χ1v) is 7.57. The van der Waals surface area contributed by atoms with Gasteiger partial charge in [0.15, 0.2) is 0 Å². The lowest BCUT2D eigenvalue weighted by Crippen LogP contribution is -2.25. The monoisotopic (exact) mass is 269 g/mol. The maximum absolute atomic E-state index is 4.37. The third-order valence-electron chi connectivity index (χ3n) is 4.11. The van der Waals surface area contributed by atoms with Crippen molar-refractivity contribution in [1.29, 1.82) is 0 Å². The number of nitrogens with one attached hydrogen (secondary N) is 1. The molecular formula is C17H23N3. The highest BCUT2D eigenvalue weighted by Gasteiger charge is 2.22. The molecule has 0 bridgehead atoms. The molecule has 0 aliphatic heterocycles. The van der Waals surface area contributed by atoms with Crippen LogP contribution in [0.5, 0.6) is 0 Å². The Morgan fingerprint density at radius 1 is 1.35 bits per heavy atom. The molecule has 3 heteroatoms. The van der Waals surface area contributed by atoms with Crippen molar-refractivity contribution < 1.29 is 0 Å². The summed E-state index contributed by atoms with van der Waals surface area (Å²) in [4.78, 5) is 4.37. The van der Waals surface area contributed by atoms with Gasteiger partial charge in [-0.25, -0.2) is 4.98 Å². The second kappa shape index (κ2) is 5.80. The maximum Gasteiger partial charge on any atom is 0.0954 e. The van der Waals surface area contributed by atoms with Gasteiger partial charge >= 0.3 is 0 Å². The van der Waals surface area contributed by atoms with E-state index in [0.29, 0.717) is 12.1 Å². The van der Waals surface area contributed by atoms with E-state index in [-0.39, 0.29) is 0 Å². The van der Waals surface area contributed by atoms with Crippen LogP contribution in [0.2, 0.25) is 0 Å². The summed E-state index contributed by atoms with van der Waals surface area (Å²) in [6.45, 7) is 5.24. The average Bonchev–Trinajstić information content (AvgIpc) is 2.92. The van der Waals surface area contributed by atoms with Crippen molar-refractivity contribution in [1.82, 2.24) is 14.9 Å². The smallest absolute Gasteiger partial charge is 0.0954 e. The molecule has 3 rings (SSSR count). The predicted molar refractivity (Wildman–Crippen MR) is 81.7 cm³/mol. The minimum Gasteiger partial charge on any atom is -0.326 e. The highest BCUT2D eigenvalue weighted by atomic mass is 15.1. The summed E-state index contributed by atoms with van der Waals surface area (Å²) >= 11 is 0. The fourth-order valence-corrected chi connectivity index (χ4v) is 3.08. The molecule has 0 saturated heterocycles. The van der Waals surface area contributed by atoms with Crippen LogP contribution >= 0.6 is 0 Å². The molecule has 1 heterocycles. The molecule has 1 aromatic carbocycles. The lowest BCUT2D eigenvalue weighted by Gasteiger charge is -2.28. The highest BCUT2D eigenvalue weighted by molar-refractivity contribution is 5.33. The zero-order valence-electron chi connectivity index (χ0n) is 12.3. The van der Waals surface area contributed by atoms with Crippen LogP contribution in [0.4, 0.5) is 0 Å². The van der Waals surface area contributed by atoms with Gasteiger partial charge in [0, 0.05) is 18.8 Å². The van der Waals surface area contributed by atoms with Crippen molar-refractivity contribution in [3.8, 4) is 0 Å². The summed E-state index contributed by atoms with van der Waals surface area (Å²) in [5.74, 6) is 0. The Hall–Kier alpha value is -1.61. The Morgan fingerprint density at radius 3 is 3.05 bits per heavy atom. The Morgan fingerprint density at radius 2 is 2.20 bits per heavy atom. The van der Waals surface area contributed by atoms with Crippen molar-refractivity contribution in [3.63, 3.8) is 0 Å². The molecule has 3 nitrogen and oxygen atoms in total. The van der Waals surface area contributed by atoms with E-state index < -0.39 is 0 Å². The van der Waals surface area contributed by atoms with Gasteiger partial charge in [-0.15, -0.1) is 0 Å². The van der Waals surface area contributed by atoms with Crippen LogP contribution < -0.4 is 5.32 Å². The minimum atomic E-state index is 0.450. The number of rotatable bonds is 4. The zero-order chi connectivity index (χ0) is 13.9. The molecule has 106 valence electrons. The summed E-state index contributed by atoms with van der Waals surface area (Å²) in [6, 6.07) is 9.79. The Bertz CT molecular complexity index is 571. The molecular weight excluding hydrogens is 246 g/mol. The normalized spacial score (nSPS) is 18.2. The van der Waals surface area contributed by atoms with Gasteiger partial charge in [-0.1, -0.05) is 38.1 Å². The van der Waals surface area contributed by atoms with E-state index in [0.717, 1.165) is 6.54 Å². The first-order chi connectivity index (χ1) is 9.75. The van der Waals surface area contributed by atoms with E-state index in [2.05, 4.69) is 53.0 Å². The average molecular weight is 269 g/mol. The first kappa shape index (κ1) is 13.4. The van der Waals surface area contributed by atoms with E-state index in [4.69, 9.17) is 0 Å². The summed E-state index contributed by atoms with van der Waals surface area (Å²) in [5.41, 5.74) is 4.25. The van der Waals surface area contributed by atoms with Crippen molar-refractivity contribution in [2.45, 2.75) is 51.7 Å². The summed E-state index contributed by atoms with van der Waals surface area (Å²) < 4.78 is 2.35. The number of benzene rings is 1. The molecule has 1 N–H and O–H groups in total. The van der Waals surface area contributed by atoms with E-state index in [1.165, 1.54) is 36.1 Å². The lowest BCUT2D eigenvalue weighted by molar-refractivity contribution is 0.464. The molecule has 0 amide bonds. The molecule has 0 saturated carbocycles. The van der Waals surface area contributed by atoms with Gasteiger partial charge in [0.05, 0.1) is 18.1 Å². The topological polar surface area (TPSA) is 29.9 Å². The summed E-state index contributed by atoms with van der Waals surface area (Å²) in [7, 11) is 0. The second-order valence-corrected chi connectivity index (χ2v) is 5.93. The van der Waals surface area contributed by atoms with Crippen LogP contribution in [-0.4, -0.2) is 15.6 Å². The Balaban J connectivity index is 1.89. The summed E-state index contributed by atoms with van der Waals surface area (Å²) in [5, 5.41) is 3.49. The SMILES string of the molecule is CC(C)NCc1cncn1C1CCCc2ccccc21. The lowest BCUT2D eigenvalue weighted by atomic mass is 9.87. The molecule has 2 aromatic rings. The fraction of sp³-hybridized carbons (Fsp3) is 0.471. The van der Waals surface area contributed by atoms with Crippen molar-refractivity contribution in [3.05, 3.63) is 53.6 Å². The van der Waals surface area contributed by atoms with Gasteiger partial charge in [0.2, 0.25) is 0 Å². The molecule has 1 aliphatic carbocycles. The first-order valence-electron chi connectivity index (χ1n) is 7.57. The third-order valence-corrected chi connectivity index (χ3v) is 4.11. The van der Waals surface area contributed by atoms with E-state index in [1.807, 2.05) is 12.5 Å². The minimum absolute atomic E-state index is 0.450. The van der Waals surface area contributed by atoms with Crippen molar-refractivity contribution in [2.24, 2.45) is 0 Å². The number of nitrogens with zero attached hydrogens (tertiary/aromatic N) is 2. The van der Waals surface area contributed by atoms with Crippen LogP contribution in [0.3, 0.4) is 0 Å². The number of fused-ring (bicyclic) bond motifs is 1. The number of hydrogen-bond donors (Lipinski definition) is 1. The van der Waals surface area contributed by atoms with Crippen LogP contribution in [0, 0.1) is 0 Å². The number of imidazole rings is 1. The van der Waals surface area contributed by atoms with Crippen LogP contribution in [0.15, 0.2) is 36.8 Å².